The standard InChI is InChI=1S/C20H40N2/c1-19(2,3)16-21-11-7-17(8-12-21)15-18-9-13-22(14-10-18)20(4,5)6/h17-18H,7-16H2,1-6H3. The van der Waals surface area contributed by atoms with Crippen molar-refractivity contribution < 1.29 is 0 Å². The third-order valence-electron chi connectivity index (χ3n) is 5.63. The molecule has 0 aromatic carbocycles. The van der Waals surface area contributed by atoms with Crippen LogP contribution in [0.5, 0.6) is 0 Å². The average Bonchev–Trinajstić information content (AvgIpc) is 2.39. The molecule has 2 saturated heterocycles. The first kappa shape index (κ1) is 18.3. The van der Waals surface area contributed by atoms with Gasteiger partial charge in [0.1, 0.15) is 0 Å². The average molecular weight is 309 g/mol. The quantitative estimate of drug-likeness (QED) is 0.749. The fourth-order valence-corrected chi connectivity index (χ4v) is 4.36. The van der Waals surface area contributed by atoms with Crippen LogP contribution in [-0.2, 0) is 0 Å². The van der Waals surface area contributed by atoms with Crippen LogP contribution in [0.1, 0.15) is 73.6 Å². The Labute approximate surface area is 139 Å². The molecule has 0 aliphatic carbocycles. The van der Waals surface area contributed by atoms with Crippen LogP contribution in [0.3, 0.4) is 0 Å². The van der Waals surface area contributed by atoms with E-state index >= 15 is 0 Å². The molecule has 0 N–H and O–H groups in total. The van der Waals surface area contributed by atoms with Crippen molar-refractivity contribution in [1.82, 2.24) is 9.80 Å². The summed E-state index contributed by atoms with van der Waals surface area (Å²) in [5.74, 6) is 2.00. The van der Waals surface area contributed by atoms with Gasteiger partial charge in [-0.05, 0) is 96.3 Å². The Bertz CT molecular complexity index is 321. The van der Waals surface area contributed by atoms with E-state index in [2.05, 4.69) is 51.3 Å². The van der Waals surface area contributed by atoms with Gasteiger partial charge in [-0.1, -0.05) is 20.8 Å². The number of hydrogen-bond acceptors (Lipinski definition) is 2. The summed E-state index contributed by atoms with van der Waals surface area (Å²) in [6.07, 6.45) is 7.24. The van der Waals surface area contributed by atoms with Gasteiger partial charge in [0.05, 0.1) is 0 Å². The molecule has 0 bridgehead atoms. The molecule has 2 nitrogen and oxygen atoms in total. The molecule has 2 heteroatoms. The Balaban J connectivity index is 1.67. The van der Waals surface area contributed by atoms with Crippen molar-refractivity contribution in [3.05, 3.63) is 0 Å². The van der Waals surface area contributed by atoms with E-state index in [9.17, 15) is 0 Å². The lowest BCUT2D eigenvalue weighted by Crippen LogP contribution is -2.46. The van der Waals surface area contributed by atoms with E-state index in [1.165, 1.54) is 64.8 Å². The highest BCUT2D eigenvalue weighted by Crippen LogP contribution is 2.32. The molecular formula is C20H40N2. The van der Waals surface area contributed by atoms with Gasteiger partial charge in [-0.25, -0.2) is 0 Å². The molecule has 2 aliphatic heterocycles. The van der Waals surface area contributed by atoms with Crippen molar-refractivity contribution in [1.29, 1.82) is 0 Å². The van der Waals surface area contributed by atoms with Gasteiger partial charge in [-0.15, -0.1) is 0 Å². The highest BCUT2D eigenvalue weighted by atomic mass is 15.2. The van der Waals surface area contributed by atoms with Gasteiger partial charge in [-0.2, -0.15) is 0 Å². The zero-order valence-corrected chi connectivity index (χ0v) is 16.1. The Morgan fingerprint density at radius 3 is 1.59 bits per heavy atom. The minimum atomic E-state index is 0.364. The number of piperidine rings is 2. The van der Waals surface area contributed by atoms with Crippen molar-refractivity contribution in [3.63, 3.8) is 0 Å². The maximum atomic E-state index is 2.69. The summed E-state index contributed by atoms with van der Waals surface area (Å²) < 4.78 is 0. The van der Waals surface area contributed by atoms with E-state index in [1.54, 1.807) is 0 Å². The molecule has 22 heavy (non-hydrogen) atoms. The maximum Gasteiger partial charge on any atom is 0.0125 e. The number of rotatable bonds is 3. The van der Waals surface area contributed by atoms with E-state index < -0.39 is 0 Å². The van der Waals surface area contributed by atoms with Crippen LogP contribution in [0.4, 0.5) is 0 Å². The zero-order valence-electron chi connectivity index (χ0n) is 16.1. The topological polar surface area (TPSA) is 6.48 Å². The number of hydrogen-bond donors (Lipinski definition) is 0. The van der Waals surface area contributed by atoms with Crippen molar-refractivity contribution in [2.75, 3.05) is 32.7 Å². The summed E-state index contributed by atoms with van der Waals surface area (Å²) in [6, 6.07) is 0. The molecule has 130 valence electrons. The molecule has 0 radical (unpaired) electrons. The van der Waals surface area contributed by atoms with Crippen molar-refractivity contribution >= 4 is 0 Å². The van der Waals surface area contributed by atoms with Gasteiger partial charge < -0.3 is 4.90 Å². The third kappa shape index (κ3) is 5.85. The first-order valence-electron chi connectivity index (χ1n) is 9.61. The maximum absolute atomic E-state index is 2.69. The van der Waals surface area contributed by atoms with Crippen molar-refractivity contribution in [2.45, 2.75) is 79.2 Å². The second-order valence-electron chi connectivity index (χ2n) is 10.1. The summed E-state index contributed by atoms with van der Waals surface area (Å²) in [4.78, 5) is 5.37. The fraction of sp³-hybridized carbons (Fsp3) is 1.00. The largest absolute Gasteiger partial charge is 0.303 e. The van der Waals surface area contributed by atoms with E-state index in [0.717, 1.165) is 11.8 Å². The number of likely N-dealkylation sites (tertiary alicyclic amines) is 2. The Hall–Kier alpha value is -0.0800. The van der Waals surface area contributed by atoms with E-state index in [4.69, 9.17) is 0 Å². The lowest BCUT2D eigenvalue weighted by molar-refractivity contribution is 0.0713. The SMILES string of the molecule is CC(C)(C)CN1CCC(CC2CCN(C(C)(C)C)CC2)CC1. The summed E-state index contributed by atoms with van der Waals surface area (Å²) in [5, 5.41) is 0. The van der Waals surface area contributed by atoms with Crippen molar-refractivity contribution in [3.8, 4) is 0 Å². The Morgan fingerprint density at radius 1 is 0.727 bits per heavy atom. The lowest BCUT2D eigenvalue weighted by Gasteiger charge is -2.42. The first-order chi connectivity index (χ1) is 10.1. The Kier molecular flexibility index (Phi) is 5.99. The number of nitrogens with zero attached hydrogens (tertiary/aromatic N) is 2. The van der Waals surface area contributed by atoms with Crippen LogP contribution < -0.4 is 0 Å². The highest BCUT2D eigenvalue weighted by Gasteiger charge is 2.29. The van der Waals surface area contributed by atoms with E-state index in [1.807, 2.05) is 0 Å². The third-order valence-corrected chi connectivity index (χ3v) is 5.63. The zero-order chi connectivity index (χ0) is 16.4. The monoisotopic (exact) mass is 308 g/mol. The Morgan fingerprint density at radius 2 is 1.18 bits per heavy atom. The van der Waals surface area contributed by atoms with Gasteiger partial charge in [-0.3, -0.25) is 4.90 Å². The van der Waals surface area contributed by atoms with Gasteiger partial charge >= 0.3 is 0 Å². The molecule has 0 unspecified atom stereocenters. The van der Waals surface area contributed by atoms with Crippen LogP contribution in [0.2, 0.25) is 0 Å². The summed E-state index contributed by atoms with van der Waals surface area (Å²) in [6.45, 7) is 20.7. The molecule has 0 saturated carbocycles. The highest BCUT2D eigenvalue weighted by molar-refractivity contribution is 4.84. The molecule has 0 amide bonds. The summed E-state index contributed by atoms with van der Waals surface area (Å²) in [5.41, 5.74) is 0.815. The molecule has 2 heterocycles. The predicted octanol–water partition coefficient (Wildman–Crippen LogP) is 4.65. The first-order valence-corrected chi connectivity index (χ1v) is 9.61. The molecular weight excluding hydrogens is 268 g/mol. The molecule has 0 atom stereocenters. The summed E-state index contributed by atoms with van der Waals surface area (Å²) >= 11 is 0. The molecule has 2 rings (SSSR count). The van der Waals surface area contributed by atoms with E-state index in [-0.39, 0.29) is 0 Å². The molecule has 2 fully saturated rings. The molecule has 2 aliphatic rings. The van der Waals surface area contributed by atoms with Crippen LogP contribution in [0.15, 0.2) is 0 Å². The van der Waals surface area contributed by atoms with Gasteiger partial charge in [0.15, 0.2) is 0 Å². The minimum absolute atomic E-state index is 0.364. The van der Waals surface area contributed by atoms with Crippen LogP contribution in [0, 0.1) is 17.3 Å². The second kappa shape index (κ2) is 7.21. The van der Waals surface area contributed by atoms with Crippen LogP contribution in [0.25, 0.3) is 0 Å². The fourth-order valence-electron chi connectivity index (χ4n) is 4.36. The molecule has 0 aromatic heterocycles. The minimum Gasteiger partial charge on any atom is -0.303 e. The van der Waals surface area contributed by atoms with Gasteiger partial charge in [0, 0.05) is 12.1 Å². The van der Waals surface area contributed by atoms with Gasteiger partial charge in [0.25, 0.3) is 0 Å². The van der Waals surface area contributed by atoms with Crippen LogP contribution in [-0.4, -0.2) is 48.1 Å². The predicted molar refractivity (Wildman–Crippen MR) is 97.3 cm³/mol. The summed E-state index contributed by atoms with van der Waals surface area (Å²) in [7, 11) is 0. The lowest BCUT2D eigenvalue weighted by atomic mass is 9.81. The second-order valence-corrected chi connectivity index (χ2v) is 10.1. The van der Waals surface area contributed by atoms with Crippen molar-refractivity contribution in [2.24, 2.45) is 17.3 Å². The van der Waals surface area contributed by atoms with E-state index in [0.29, 0.717) is 11.0 Å². The normalized spacial score (nSPS) is 24.8. The van der Waals surface area contributed by atoms with Crippen LogP contribution >= 0.6 is 0 Å². The smallest absolute Gasteiger partial charge is 0.0125 e. The molecule has 0 spiro atoms. The van der Waals surface area contributed by atoms with Gasteiger partial charge in [0.2, 0.25) is 0 Å². The molecule has 0 aromatic rings.